The van der Waals surface area contributed by atoms with Crippen LogP contribution in [-0.2, 0) is 10.2 Å². The number of halogens is 1. The number of rotatable bonds is 3. The molecule has 6 heteroatoms. The molecule has 1 heterocycles. The molecule has 0 aliphatic carbocycles. The van der Waals surface area contributed by atoms with Gasteiger partial charge in [-0.2, -0.15) is 0 Å². The zero-order chi connectivity index (χ0) is 12.3. The summed E-state index contributed by atoms with van der Waals surface area (Å²) in [6, 6.07) is 1.71. The highest BCUT2D eigenvalue weighted by Gasteiger charge is 2.18. The van der Waals surface area contributed by atoms with Crippen molar-refractivity contribution in [2.75, 3.05) is 11.9 Å². The van der Waals surface area contributed by atoms with Crippen LogP contribution in [0.4, 0.5) is 5.82 Å². The molecule has 0 fully saturated rings. The van der Waals surface area contributed by atoms with Crippen LogP contribution in [0.15, 0.2) is 10.7 Å². The van der Waals surface area contributed by atoms with E-state index < -0.39 is 5.91 Å². The second-order valence-corrected chi connectivity index (χ2v) is 5.28. The summed E-state index contributed by atoms with van der Waals surface area (Å²) < 4.78 is 0.680. The van der Waals surface area contributed by atoms with E-state index in [1.54, 1.807) is 6.07 Å². The van der Waals surface area contributed by atoms with Crippen molar-refractivity contribution in [2.45, 2.75) is 26.2 Å². The first-order chi connectivity index (χ1) is 7.29. The molecule has 1 aromatic rings. The molecule has 1 aromatic heterocycles. The molecular weight excluding hydrogens is 272 g/mol. The lowest BCUT2D eigenvalue weighted by atomic mass is 9.96. The Labute approximate surface area is 103 Å². The van der Waals surface area contributed by atoms with Crippen molar-refractivity contribution in [3.8, 4) is 0 Å². The second-order valence-electron chi connectivity index (χ2n) is 4.47. The summed E-state index contributed by atoms with van der Waals surface area (Å²) in [6.45, 7) is 6.12. The zero-order valence-electron chi connectivity index (χ0n) is 9.54. The Morgan fingerprint density at radius 3 is 2.62 bits per heavy atom. The molecule has 5 nitrogen and oxygen atoms in total. The number of primary amides is 1. The molecule has 3 N–H and O–H groups in total. The number of hydrogen-bond donors (Lipinski definition) is 2. The summed E-state index contributed by atoms with van der Waals surface area (Å²) >= 11 is 3.31. The van der Waals surface area contributed by atoms with E-state index in [9.17, 15) is 4.79 Å². The van der Waals surface area contributed by atoms with Crippen LogP contribution in [0.5, 0.6) is 0 Å². The number of carbonyl (C=O) groups is 1. The number of hydrogen-bond acceptors (Lipinski definition) is 4. The molecule has 0 atom stereocenters. The van der Waals surface area contributed by atoms with Gasteiger partial charge in [0, 0.05) is 11.5 Å². The molecule has 1 rings (SSSR count). The second kappa shape index (κ2) is 4.78. The van der Waals surface area contributed by atoms with Gasteiger partial charge in [0.25, 0.3) is 0 Å². The topological polar surface area (TPSA) is 80.9 Å². The van der Waals surface area contributed by atoms with Crippen molar-refractivity contribution in [3.63, 3.8) is 0 Å². The number of amides is 1. The Balaban J connectivity index is 2.94. The molecule has 0 aromatic carbocycles. The number of nitrogens with two attached hydrogens (primary N) is 1. The minimum Gasteiger partial charge on any atom is -0.368 e. The number of carbonyl (C=O) groups excluding carboxylic acids is 1. The van der Waals surface area contributed by atoms with Gasteiger partial charge < -0.3 is 11.1 Å². The molecule has 0 saturated heterocycles. The number of aromatic nitrogens is 2. The first-order valence-corrected chi connectivity index (χ1v) is 5.65. The molecule has 0 bridgehead atoms. The quantitative estimate of drug-likeness (QED) is 0.824. The molecule has 16 heavy (non-hydrogen) atoms. The highest BCUT2D eigenvalue weighted by atomic mass is 79.9. The van der Waals surface area contributed by atoms with Gasteiger partial charge >= 0.3 is 0 Å². The summed E-state index contributed by atoms with van der Waals surface area (Å²) in [5.74, 6) is 0.867. The minimum atomic E-state index is -0.424. The summed E-state index contributed by atoms with van der Waals surface area (Å²) in [5.41, 5.74) is 4.90. The average molecular weight is 287 g/mol. The molecule has 0 aliphatic rings. The van der Waals surface area contributed by atoms with E-state index in [2.05, 4.69) is 31.2 Å². The molecule has 1 amide bonds. The summed E-state index contributed by atoms with van der Waals surface area (Å²) in [6.07, 6.45) is 0. The Morgan fingerprint density at radius 1 is 1.50 bits per heavy atom. The van der Waals surface area contributed by atoms with Crippen LogP contribution in [0.3, 0.4) is 0 Å². The third-order valence-electron chi connectivity index (χ3n) is 1.81. The van der Waals surface area contributed by atoms with E-state index >= 15 is 0 Å². The predicted molar refractivity (Wildman–Crippen MR) is 66.1 cm³/mol. The van der Waals surface area contributed by atoms with Gasteiger partial charge in [0.15, 0.2) is 0 Å². The van der Waals surface area contributed by atoms with Gasteiger partial charge in [-0.25, -0.2) is 9.97 Å². The Bertz CT molecular complexity index is 400. The van der Waals surface area contributed by atoms with Crippen molar-refractivity contribution in [1.82, 2.24) is 9.97 Å². The first kappa shape index (κ1) is 12.9. The van der Waals surface area contributed by atoms with E-state index in [1.807, 2.05) is 20.8 Å². The van der Waals surface area contributed by atoms with Gasteiger partial charge in [0.2, 0.25) is 5.91 Å². The maximum Gasteiger partial charge on any atom is 0.236 e. The highest BCUT2D eigenvalue weighted by molar-refractivity contribution is 9.10. The van der Waals surface area contributed by atoms with E-state index in [-0.39, 0.29) is 12.0 Å². The van der Waals surface area contributed by atoms with Crippen LogP contribution in [0, 0.1) is 0 Å². The first-order valence-electron chi connectivity index (χ1n) is 4.86. The van der Waals surface area contributed by atoms with Crippen molar-refractivity contribution >= 4 is 27.7 Å². The van der Waals surface area contributed by atoms with Crippen molar-refractivity contribution < 1.29 is 4.79 Å². The molecule has 0 unspecified atom stereocenters. The van der Waals surface area contributed by atoms with Gasteiger partial charge in [-0.3, -0.25) is 4.79 Å². The van der Waals surface area contributed by atoms with Gasteiger partial charge in [0.1, 0.15) is 16.2 Å². The third-order valence-corrected chi connectivity index (χ3v) is 2.22. The maximum absolute atomic E-state index is 10.6. The van der Waals surface area contributed by atoms with Gasteiger partial charge in [-0.1, -0.05) is 20.8 Å². The fraction of sp³-hybridized carbons (Fsp3) is 0.500. The fourth-order valence-corrected chi connectivity index (χ4v) is 1.41. The number of nitrogens with one attached hydrogen (secondary N) is 1. The lowest BCUT2D eigenvalue weighted by molar-refractivity contribution is -0.116. The Hall–Kier alpha value is -1.17. The lowest BCUT2D eigenvalue weighted by Gasteiger charge is -2.17. The summed E-state index contributed by atoms with van der Waals surface area (Å²) in [4.78, 5) is 19.2. The van der Waals surface area contributed by atoms with Crippen LogP contribution in [-0.4, -0.2) is 22.4 Å². The summed E-state index contributed by atoms with van der Waals surface area (Å²) in [7, 11) is 0. The van der Waals surface area contributed by atoms with E-state index in [0.717, 1.165) is 0 Å². The third kappa shape index (κ3) is 3.77. The number of nitrogens with zero attached hydrogens (tertiary/aromatic N) is 2. The lowest BCUT2D eigenvalue weighted by Crippen LogP contribution is -2.23. The monoisotopic (exact) mass is 286 g/mol. The molecule has 0 aliphatic heterocycles. The van der Waals surface area contributed by atoms with Crippen molar-refractivity contribution in [1.29, 1.82) is 0 Å². The highest BCUT2D eigenvalue weighted by Crippen LogP contribution is 2.22. The zero-order valence-corrected chi connectivity index (χ0v) is 11.1. The van der Waals surface area contributed by atoms with E-state index in [0.29, 0.717) is 16.2 Å². The predicted octanol–water partition coefficient (Wildman–Crippen LogP) is 1.43. The standard InChI is InChI=1S/C10H15BrN4O/c1-10(2,3)9-14-6(11)4-8(15-9)13-5-7(12)16/h4H,5H2,1-3H3,(H2,12,16)(H,13,14,15). The molecular formula is C10H15BrN4O. The van der Waals surface area contributed by atoms with Crippen LogP contribution < -0.4 is 11.1 Å². The molecule has 0 spiro atoms. The SMILES string of the molecule is CC(C)(C)c1nc(Br)cc(NCC(N)=O)n1. The van der Waals surface area contributed by atoms with Crippen molar-refractivity contribution in [2.24, 2.45) is 5.73 Å². The largest absolute Gasteiger partial charge is 0.368 e. The van der Waals surface area contributed by atoms with Gasteiger partial charge in [-0.15, -0.1) is 0 Å². The maximum atomic E-state index is 10.6. The van der Waals surface area contributed by atoms with E-state index in [4.69, 9.17) is 5.73 Å². The van der Waals surface area contributed by atoms with Gasteiger partial charge in [-0.05, 0) is 15.9 Å². The van der Waals surface area contributed by atoms with Crippen LogP contribution in [0.1, 0.15) is 26.6 Å². The normalized spacial score (nSPS) is 11.2. The molecule has 0 saturated carbocycles. The van der Waals surface area contributed by atoms with Crippen LogP contribution >= 0.6 is 15.9 Å². The Kier molecular flexibility index (Phi) is 3.85. The van der Waals surface area contributed by atoms with Crippen LogP contribution in [0.25, 0.3) is 0 Å². The minimum absolute atomic E-state index is 0.0625. The smallest absolute Gasteiger partial charge is 0.236 e. The van der Waals surface area contributed by atoms with Crippen LogP contribution in [0.2, 0.25) is 0 Å². The van der Waals surface area contributed by atoms with E-state index in [1.165, 1.54) is 0 Å². The number of anilines is 1. The van der Waals surface area contributed by atoms with Crippen molar-refractivity contribution in [3.05, 3.63) is 16.5 Å². The fourth-order valence-electron chi connectivity index (χ4n) is 1.02. The summed E-state index contributed by atoms with van der Waals surface area (Å²) in [5, 5.41) is 2.84. The Morgan fingerprint density at radius 2 is 2.12 bits per heavy atom. The molecule has 88 valence electrons. The average Bonchev–Trinajstić information content (AvgIpc) is 2.12. The molecule has 0 radical (unpaired) electrons. The van der Waals surface area contributed by atoms with Gasteiger partial charge in [0.05, 0.1) is 6.54 Å².